The van der Waals surface area contributed by atoms with Gasteiger partial charge in [0.15, 0.2) is 11.5 Å². The quantitative estimate of drug-likeness (QED) is 0.353. The third kappa shape index (κ3) is 5.11. The number of methoxy groups -OCH3 is 1. The molecule has 0 unspecified atom stereocenters. The van der Waals surface area contributed by atoms with E-state index in [9.17, 15) is 14.4 Å². The molecule has 0 spiro atoms. The van der Waals surface area contributed by atoms with E-state index in [4.69, 9.17) is 21.1 Å². The van der Waals surface area contributed by atoms with Gasteiger partial charge in [0.05, 0.1) is 17.8 Å². The molecule has 1 aliphatic rings. The molecular formula is C28H25ClN2O5. The van der Waals surface area contributed by atoms with Crippen LogP contribution in [0.15, 0.2) is 60.2 Å². The number of amides is 4. The molecule has 0 radical (unpaired) electrons. The second-order valence-electron chi connectivity index (χ2n) is 8.56. The Labute approximate surface area is 214 Å². The largest absolute Gasteiger partial charge is 0.493 e. The lowest BCUT2D eigenvalue weighted by molar-refractivity contribution is -0.122. The van der Waals surface area contributed by atoms with E-state index in [1.807, 2.05) is 50.2 Å². The van der Waals surface area contributed by atoms with Crippen LogP contribution in [0.25, 0.3) is 6.08 Å². The van der Waals surface area contributed by atoms with E-state index < -0.39 is 17.8 Å². The third-order valence-electron chi connectivity index (χ3n) is 5.74. The molecule has 3 aromatic rings. The van der Waals surface area contributed by atoms with Crippen molar-refractivity contribution in [1.29, 1.82) is 0 Å². The summed E-state index contributed by atoms with van der Waals surface area (Å²) in [5.41, 5.74) is 4.32. The third-order valence-corrected chi connectivity index (χ3v) is 6.02. The van der Waals surface area contributed by atoms with Crippen molar-refractivity contribution in [2.45, 2.75) is 27.4 Å². The van der Waals surface area contributed by atoms with Crippen LogP contribution in [0.2, 0.25) is 5.02 Å². The number of halogens is 1. The normalized spacial score (nSPS) is 14.8. The van der Waals surface area contributed by atoms with Crippen molar-refractivity contribution in [2.75, 3.05) is 12.0 Å². The SMILES string of the molecule is COc1cc(/C=C2\C(=O)NC(=O)N(c3cc(C)ccc3C)C2=O)cc(Cl)c1OCc1cccc(C)c1. The number of urea groups is 1. The van der Waals surface area contributed by atoms with Crippen molar-refractivity contribution < 1.29 is 23.9 Å². The van der Waals surface area contributed by atoms with Crippen molar-refractivity contribution in [3.8, 4) is 11.5 Å². The first-order valence-corrected chi connectivity index (χ1v) is 11.6. The summed E-state index contributed by atoms with van der Waals surface area (Å²) in [4.78, 5) is 39.4. The van der Waals surface area contributed by atoms with Gasteiger partial charge in [-0.1, -0.05) is 53.6 Å². The number of benzene rings is 3. The number of barbiturate groups is 1. The summed E-state index contributed by atoms with van der Waals surface area (Å²) in [7, 11) is 1.47. The Kier molecular flexibility index (Phi) is 7.12. The Bertz CT molecular complexity index is 1410. The van der Waals surface area contributed by atoms with E-state index in [1.54, 1.807) is 25.1 Å². The number of carbonyl (C=O) groups is 3. The second kappa shape index (κ2) is 10.3. The molecule has 7 nitrogen and oxygen atoms in total. The first-order valence-electron chi connectivity index (χ1n) is 11.2. The molecule has 0 aromatic heterocycles. The van der Waals surface area contributed by atoms with Crippen molar-refractivity contribution >= 4 is 41.2 Å². The van der Waals surface area contributed by atoms with E-state index in [-0.39, 0.29) is 17.2 Å². The number of imide groups is 2. The van der Waals surface area contributed by atoms with E-state index in [0.717, 1.165) is 27.2 Å². The van der Waals surface area contributed by atoms with Gasteiger partial charge in [0, 0.05) is 0 Å². The van der Waals surface area contributed by atoms with Gasteiger partial charge in [-0.05, 0) is 67.3 Å². The minimum Gasteiger partial charge on any atom is -0.493 e. The summed E-state index contributed by atoms with van der Waals surface area (Å²) in [6.07, 6.45) is 1.38. The molecule has 1 fully saturated rings. The highest BCUT2D eigenvalue weighted by atomic mass is 35.5. The minimum atomic E-state index is -0.800. The smallest absolute Gasteiger partial charge is 0.335 e. The molecule has 0 saturated carbocycles. The molecule has 0 aliphatic carbocycles. The molecule has 8 heteroatoms. The average molecular weight is 505 g/mol. The Morgan fingerprint density at radius 3 is 2.44 bits per heavy atom. The van der Waals surface area contributed by atoms with E-state index in [2.05, 4.69) is 5.32 Å². The summed E-state index contributed by atoms with van der Waals surface area (Å²) in [5, 5.41) is 2.49. The van der Waals surface area contributed by atoms with Gasteiger partial charge in [-0.15, -0.1) is 0 Å². The minimum absolute atomic E-state index is 0.206. The molecular weight excluding hydrogens is 480 g/mol. The van der Waals surface area contributed by atoms with Crippen LogP contribution in [-0.4, -0.2) is 25.0 Å². The maximum atomic E-state index is 13.3. The zero-order chi connectivity index (χ0) is 26.0. The van der Waals surface area contributed by atoms with E-state index in [0.29, 0.717) is 22.7 Å². The van der Waals surface area contributed by atoms with Gasteiger partial charge in [0.2, 0.25) is 0 Å². The van der Waals surface area contributed by atoms with Gasteiger partial charge in [0.1, 0.15) is 12.2 Å². The van der Waals surface area contributed by atoms with Crippen LogP contribution >= 0.6 is 11.6 Å². The topological polar surface area (TPSA) is 84.9 Å². The summed E-state index contributed by atoms with van der Waals surface area (Å²) >= 11 is 6.50. The predicted octanol–water partition coefficient (Wildman–Crippen LogP) is 5.52. The van der Waals surface area contributed by atoms with Crippen LogP contribution in [0, 0.1) is 20.8 Å². The fourth-order valence-corrected chi connectivity index (χ4v) is 4.20. The molecule has 184 valence electrons. The molecule has 3 aromatic carbocycles. The lowest BCUT2D eigenvalue weighted by Gasteiger charge is -2.27. The lowest BCUT2D eigenvalue weighted by atomic mass is 10.0. The van der Waals surface area contributed by atoms with Gasteiger partial charge < -0.3 is 9.47 Å². The molecule has 1 heterocycles. The lowest BCUT2D eigenvalue weighted by Crippen LogP contribution is -2.54. The number of carbonyl (C=O) groups excluding carboxylic acids is 3. The monoisotopic (exact) mass is 504 g/mol. The molecule has 1 N–H and O–H groups in total. The highest BCUT2D eigenvalue weighted by Gasteiger charge is 2.37. The fourth-order valence-electron chi connectivity index (χ4n) is 3.92. The van der Waals surface area contributed by atoms with Crippen LogP contribution in [0.1, 0.15) is 27.8 Å². The van der Waals surface area contributed by atoms with Crippen molar-refractivity contribution in [1.82, 2.24) is 5.32 Å². The van der Waals surface area contributed by atoms with Gasteiger partial charge in [-0.25, -0.2) is 9.69 Å². The van der Waals surface area contributed by atoms with Crippen LogP contribution < -0.4 is 19.7 Å². The van der Waals surface area contributed by atoms with Crippen molar-refractivity contribution in [3.63, 3.8) is 0 Å². The molecule has 1 aliphatic heterocycles. The molecule has 1 saturated heterocycles. The Hall–Kier alpha value is -4.10. The van der Waals surface area contributed by atoms with E-state index in [1.165, 1.54) is 13.2 Å². The first kappa shape index (κ1) is 25.0. The van der Waals surface area contributed by atoms with Gasteiger partial charge in [0.25, 0.3) is 11.8 Å². The number of aryl methyl sites for hydroxylation is 3. The van der Waals surface area contributed by atoms with Crippen LogP contribution in [0.4, 0.5) is 10.5 Å². The summed E-state index contributed by atoms with van der Waals surface area (Å²) in [6.45, 7) is 5.92. The van der Waals surface area contributed by atoms with Crippen LogP contribution in [-0.2, 0) is 16.2 Å². The highest BCUT2D eigenvalue weighted by Crippen LogP contribution is 2.38. The maximum Gasteiger partial charge on any atom is 0.335 e. The number of hydrogen-bond donors (Lipinski definition) is 1. The average Bonchev–Trinajstić information content (AvgIpc) is 2.83. The predicted molar refractivity (Wildman–Crippen MR) is 138 cm³/mol. The Morgan fingerprint density at radius 1 is 0.972 bits per heavy atom. The summed E-state index contributed by atoms with van der Waals surface area (Å²) in [6, 6.07) is 15.7. The number of nitrogens with one attached hydrogen (secondary N) is 1. The van der Waals surface area contributed by atoms with Crippen molar-refractivity contribution in [2.24, 2.45) is 0 Å². The van der Waals surface area contributed by atoms with Crippen molar-refractivity contribution in [3.05, 3.63) is 93.0 Å². The molecule has 0 bridgehead atoms. The van der Waals surface area contributed by atoms with Gasteiger partial charge in [-0.2, -0.15) is 0 Å². The number of ether oxygens (including phenoxy) is 2. The highest BCUT2D eigenvalue weighted by molar-refractivity contribution is 6.39. The van der Waals surface area contributed by atoms with Crippen LogP contribution in [0.3, 0.4) is 0 Å². The molecule has 36 heavy (non-hydrogen) atoms. The Balaban J connectivity index is 1.66. The Morgan fingerprint density at radius 2 is 1.72 bits per heavy atom. The second-order valence-corrected chi connectivity index (χ2v) is 8.97. The zero-order valence-electron chi connectivity index (χ0n) is 20.3. The van der Waals surface area contributed by atoms with Gasteiger partial charge >= 0.3 is 6.03 Å². The number of anilines is 1. The maximum absolute atomic E-state index is 13.3. The summed E-state index contributed by atoms with van der Waals surface area (Å²) in [5.74, 6) is -0.837. The van der Waals surface area contributed by atoms with Gasteiger partial charge in [-0.3, -0.25) is 14.9 Å². The molecule has 0 atom stereocenters. The van der Waals surface area contributed by atoms with E-state index >= 15 is 0 Å². The molecule has 4 rings (SSSR count). The molecule has 4 amide bonds. The fraction of sp³-hybridized carbons (Fsp3) is 0.179. The standard InChI is InChI=1S/C28H25ClN2O5/c1-16-6-5-7-19(10-16)15-36-25-22(29)13-20(14-24(25)35-4)12-21-26(32)30-28(34)31(27(21)33)23-11-17(2)8-9-18(23)3/h5-14H,15H2,1-4H3,(H,30,32,34)/b21-12+. The zero-order valence-corrected chi connectivity index (χ0v) is 21.1. The number of nitrogens with zero attached hydrogens (tertiary/aromatic N) is 1. The number of hydrogen-bond acceptors (Lipinski definition) is 5. The van der Waals surface area contributed by atoms with Crippen LogP contribution in [0.5, 0.6) is 11.5 Å². The number of rotatable bonds is 6. The summed E-state index contributed by atoms with van der Waals surface area (Å²) < 4.78 is 11.4. The first-order chi connectivity index (χ1) is 17.2.